The highest BCUT2D eigenvalue weighted by atomic mass is 35.5. The zero-order valence-corrected chi connectivity index (χ0v) is 12.4. The van der Waals surface area contributed by atoms with Crippen molar-refractivity contribution in [3.63, 3.8) is 0 Å². The molecule has 0 aliphatic heterocycles. The Kier molecular flexibility index (Phi) is 4.17. The summed E-state index contributed by atoms with van der Waals surface area (Å²) >= 11 is 6.04. The third-order valence-electron chi connectivity index (χ3n) is 3.26. The van der Waals surface area contributed by atoms with Crippen LogP contribution in [-0.4, -0.2) is 10.9 Å². The molecule has 22 heavy (non-hydrogen) atoms. The fourth-order valence-corrected chi connectivity index (χ4v) is 2.29. The number of amides is 1. The van der Waals surface area contributed by atoms with Crippen LogP contribution < -0.4 is 5.32 Å². The second-order valence-electron chi connectivity index (χ2n) is 4.75. The molecule has 3 aromatic rings. The van der Waals surface area contributed by atoms with Gasteiger partial charge in [-0.2, -0.15) is 0 Å². The van der Waals surface area contributed by atoms with Gasteiger partial charge in [0.25, 0.3) is 5.91 Å². The Morgan fingerprint density at radius 3 is 2.36 bits per heavy atom. The summed E-state index contributed by atoms with van der Waals surface area (Å²) in [6.07, 6.45) is 3.52. The molecule has 3 rings (SSSR count). The van der Waals surface area contributed by atoms with Crippen LogP contribution >= 0.6 is 11.6 Å². The van der Waals surface area contributed by atoms with Gasteiger partial charge in [-0.05, 0) is 41.5 Å². The van der Waals surface area contributed by atoms with Crippen molar-refractivity contribution < 1.29 is 4.79 Å². The molecular weight excluding hydrogens is 296 g/mol. The van der Waals surface area contributed by atoms with E-state index in [0.717, 1.165) is 11.1 Å². The van der Waals surface area contributed by atoms with Crippen LogP contribution in [0, 0.1) is 0 Å². The number of hydrogen-bond acceptors (Lipinski definition) is 2. The minimum atomic E-state index is -0.189. The Morgan fingerprint density at radius 2 is 1.68 bits per heavy atom. The van der Waals surface area contributed by atoms with Gasteiger partial charge in [0.1, 0.15) is 0 Å². The van der Waals surface area contributed by atoms with E-state index in [0.29, 0.717) is 16.3 Å². The maximum atomic E-state index is 12.2. The lowest BCUT2D eigenvalue weighted by atomic mass is 10.1. The van der Waals surface area contributed by atoms with E-state index < -0.39 is 0 Å². The van der Waals surface area contributed by atoms with E-state index in [2.05, 4.69) is 10.3 Å². The van der Waals surface area contributed by atoms with Gasteiger partial charge >= 0.3 is 0 Å². The number of anilines is 1. The minimum absolute atomic E-state index is 0.189. The Hall–Kier alpha value is -2.65. The number of hydrogen-bond donors (Lipinski definition) is 1. The van der Waals surface area contributed by atoms with E-state index in [1.807, 2.05) is 36.4 Å². The molecule has 4 heteroatoms. The monoisotopic (exact) mass is 308 g/mol. The third kappa shape index (κ3) is 3.15. The molecule has 0 atom stereocenters. The molecular formula is C18H13ClN2O. The average Bonchev–Trinajstić information content (AvgIpc) is 2.58. The quantitative estimate of drug-likeness (QED) is 0.765. The van der Waals surface area contributed by atoms with E-state index in [4.69, 9.17) is 11.6 Å². The fourth-order valence-electron chi connectivity index (χ4n) is 2.10. The number of carbonyl (C=O) groups excluding carboxylic acids is 1. The fraction of sp³-hybridized carbons (Fsp3) is 0. The van der Waals surface area contributed by atoms with Crippen molar-refractivity contribution in [3.05, 3.63) is 83.6 Å². The standard InChI is InChI=1S/C18H13ClN2O/c19-16-5-1-2-6-17(16)21-18(22)14-9-7-13(8-10-14)15-4-3-11-20-12-15/h1-12H,(H,21,22). The van der Waals surface area contributed by atoms with Crippen molar-refractivity contribution in [3.8, 4) is 11.1 Å². The molecule has 0 radical (unpaired) electrons. The molecule has 0 aliphatic rings. The second kappa shape index (κ2) is 6.41. The van der Waals surface area contributed by atoms with Crippen LogP contribution in [0.15, 0.2) is 73.1 Å². The van der Waals surface area contributed by atoms with Gasteiger partial charge in [-0.3, -0.25) is 9.78 Å². The summed E-state index contributed by atoms with van der Waals surface area (Å²) in [5, 5.41) is 3.32. The number of nitrogens with zero attached hydrogens (tertiary/aromatic N) is 1. The molecule has 1 heterocycles. The summed E-state index contributed by atoms with van der Waals surface area (Å²) in [4.78, 5) is 16.3. The van der Waals surface area contributed by atoms with Crippen LogP contribution in [0.1, 0.15) is 10.4 Å². The first-order valence-electron chi connectivity index (χ1n) is 6.80. The summed E-state index contributed by atoms with van der Waals surface area (Å²) in [6, 6.07) is 18.4. The van der Waals surface area contributed by atoms with Gasteiger partial charge in [0, 0.05) is 18.0 Å². The Labute approximate surface area is 133 Å². The summed E-state index contributed by atoms with van der Waals surface area (Å²) in [7, 11) is 0. The Bertz CT molecular complexity index is 786. The van der Waals surface area contributed by atoms with E-state index in [9.17, 15) is 4.79 Å². The van der Waals surface area contributed by atoms with Gasteiger partial charge in [-0.1, -0.05) is 41.9 Å². The molecule has 0 saturated carbocycles. The van der Waals surface area contributed by atoms with Gasteiger partial charge in [0.2, 0.25) is 0 Å². The van der Waals surface area contributed by atoms with Crippen LogP contribution in [0.25, 0.3) is 11.1 Å². The normalized spacial score (nSPS) is 10.2. The van der Waals surface area contributed by atoms with E-state index in [-0.39, 0.29) is 5.91 Å². The summed E-state index contributed by atoms with van der Waals surface area (Å²) < 4.78 is 0. The molecule has 0 unspecified atom stereocenters. The first-order valence-corrected chi connectivity index (χ1v) is 7.18. The van der Waals surface area contributed by atoms with Crippen molar-refractivity contribution in [2.24, 2.45) is 0 Å². The molecule has 3 nitrogen and oxygen atoms in total. The summed E-state index contributed by atoms with van der Waals surface area (Å²) in [5.41, 5.74) is 3.21. The number of benzene rings is 2. The highest BCUT2D eigenvalue weighted by molar-refractivity contribution is 6.33. The van der Waals surface area contributed by atoms with Crippen LogP contribution in [0.5, 0.6) is 0 Å². The highest BCUT2D eigenvalue weighted by Crippen LogP contribution is 2.22. The number of carbonyl (C=O) groups is 1. The van der Waals surface area contributed by atoms with Crippen molar-refractivity contribution in [1.29, 1.82) is 0 Å². The van der Waals surface area contributed by atoms with Crippen LogP contribution in [0.3, 0.4) is 0 Å². The number of rotatable bonds is 3. The Morgan fingerprint density at radius 1 is 0.909 bits per heavy atom. The topological polar surface area (TPSA) is 42.0 Å². The lowest BCUT2D eigenvalue weighted by Gasteiger charge is -2.07. The van der Waals surface area contributed by atoms with E-state index >= 15 is 0 Å². The van der Waals surface area contributed by atoms with Gasteiger partial charge in [-0.15, -0.1) is 0 Å². The number of pyridine rings is 1. The third-order valence-corrected chi connectivity index (χ3v) is 3.59. The number of nitrogens with one attached hydrogen (secondary N) is 1. The van der Waals surface area contributed by atoms with Gasteiger partial charge < -0.3 is 5.32 Å². The number of halogens is 1. The average molecular weight is 309 g/mol. The lowest BCUT2D eigenvalue weighted by Crippen LogP contribution is -2.11. The van der Waals surface area contributed by atoms with Gasteiger partial charge in [0.15, 0.2) is 0 Å². The largest absolute Gasteiger partial charge is 0.321 e. The maximum Gasteiger partial charge on any atom is 0.255 e. The maximum absolute atomic E-state index is 12.2. The number of para-hydroxylation sites is 1. The van der Waals surface area contributed by atoms with Crippen molar-refractivity contribution in [1.82, 2.24) is 4.98 Å². The minimum Gasteiger partial charge on any atom is -0.321 e. The molecule has 0 bridgehead atoms. The van der Waals surface area contributed by atoms with Gasteiger partial charge in [0.05, 0.1) is 10.7 Å². The second-order valence-corrected chi connectivity index (χ2v) is 5.16. The molecule has 0 spiro atoms. The summed E-state index contributed by atoms with van der Waals surface area (Å²) in [6.45, 7) is 0. The zero-order chi connectivity index (χ0) is 15.4. The first-order chi connectivity index (χ1) is 10.7. The van der Waals surface area contributed by atoms with Crippen molar-refractivity contribution >= 4 is 23.2 Å². The van der Waals surface area contributed by atoms with Crippen molar-refractivity contribution in [2.45, 2.75) is 0 Å². The molecule has 0 fully saturated rings. The molecule has 1 amide bonds. The molecule has 108 valence electrons. The predicted molar refractivity (Wildman–Crippen MR) is 89.1 cm³/mol. The van der Waals surface area contributed by atoms with E-state index in [1.54, 1.807) is 36.7 Å². The Balaban J connectivity index is 1.78. The summed E-state index contributed by atoms with van der Waals surface area (Å²) in [5.74, 6) is -0.189. The SMILES string of the molecule is O=C(Nc1ccccc1Cl)c1ccc(-c2cccnc2)cc1. The first kappa shape index (κ1) is 14.3. The molecule has 1 N–H and O–H groups in total. The highest BCUT2D eigenvalue weighted by Gasteiger charge is 2.08. The predicted octanol–water partition coefficient (Wildman–Crippen LogP) is 4.65. The van der Waals surface area contributed by atoms with Crippen LogP contribution in [-0.2, 0) is 0 Å². The number of aromatic nitrogens is 1. The zero-order valence-electron chi connectivity index (χ0n) is 11.7. The molecule has 0 aliphatic carbocycles. The molecule has 2 aromatic carbocycles. The lowest BCUT2D eigenvalue weighted by molar-refractivity contribution is 0.102. The van der Waals surface area contributed by atoms with E-state index in [1.165, 1.54) is 0 Å². The van der Waals surface area contributed by atoms with Crippen molar-refractivity contribution in [2.75, 3.05) is 5.32 Å². The molecule has 1 aromatic heterocycles. The van der Waals surface area contributed by atoms with Crippen LogP contribution in [0.4, 0.5) is 5.69 Å². The smallest absolute Gasteiger partial charge is 0.255 e. The molecule has 0 saturated heterocycles. The van der Waals surface area contributed by atoms with Gasteiger partial charge in [-0.25, -0.2) is 0 Å². The van der Waals surface area contributed by atoms with Crippen LogP contribution in [0.2, 0.25) is 5.02 Å².